The number of hydrogen-bond acceptors (Lipinski definition) is 4. The molecule has 1 aromatic heterocycles. The van der Waals surface area contributed by atoms with Gasteiger partial charge in [-0.25, -0.2) is 9.67 Å². The van der Waals surface area contributed by atoms with Crippen LogP contribution in [-0.2, 0) is 6.42 Å². The molecule has 1 amide bonds. The summed E-state index contributed by atoms with van der Waals surface area (Å²) in [6, 6.07) is 7.43. The maximum Gasteiger partial charge on any atom is 0.291 e. The third-order valence-corrected chi connectivity index (χ3v) is 4.39. The van der Waals surface area contributed by atoms with E-state index in [1.165, 1.54) is 5.57 Å². The number of benzene rings is 1. The molecule has 2 N–H and O–H groups in total. The highest BCUT2D eigenvalue weighted by Crippen LogP contribution is 2.21. The van der Waals surface area contributed by atoms with E-state index in [0.29, 0.717) is 11.6 Å². The first-order valence-electron chi connectivity index (χ1n) is 8.56. The third kappa shape index (κ3) is 4.84. The zero-order valence-electron chi connectivity index (χ0n) is 14.7. The van der Waals surface area contributed by atoms with Crippen LogP contribution >= 0.6 is 24.0 Å². The van der Waals surface area contributed by atoms with Crippen molar-refractivity contribution in [2.75, 3.05) is 19.6 Å². The maximum atomic E-state index is 12.4. The van der Waals surface area contributed by atoms with Crippen molar-refractivity contribution in [2.24, 2.45) is 0 Å². The van der Waals surface area contributed by atoms with Gasteiger partial charge in [-0.3, -0.25) is 4.79 Å². The molecule has 1 aliphatic heterocycles. The van der Waals surface area contributed by atoms with Gasteiger partial charge in [0.1, 0.15) is 5.82 Å². The Morgan fingerprint density at radius 3 is 2.88 bits per heavy atom. The molecule has 2 heterocycles. The predicted molar refractivity (Wildman–Crippen MR) is 106 cm³/mol. The Bertz CT molecular complexity index is 788. The summed E-state index contributed by atoms with van der Waals surface area (Å²) in [6.45, 7) is 4.40. The summed E-state index contributed by atoms with van der Waals surface area (Å²) in [5, 5.41) is 11.1. The molecule has 0 atom stereocenters. The lowest BCUT2D eigenvalue weighted by Crippen LogP contribution is -2.30. The molecule has 0 spiro atoms. The number of nitrogens with zero attached hydrogens (tertiary/aromatic N) is 3. The van der Waals surface area contributed by atoms with Crippen molar-refractivity contribution >= 4 is 29.9 Å². The van der Waals surface area contributed by atoms with E-state index in [2.05, 4.69) is 33.7 Å². The van der Waals surface area contributed by atoms with Crippen LogP contribution in [0.5, 0.6) is 0 Å². The van der Waals surface area contributed by atoms with Crippen LogP contribution < -0.4 is 10.6 Å². The normalized spacial score (nSPS) is 13.7. The summed E-state index contributed by atoms with van der Waals surface area (Å²) in [5.41, 5.74) is 1.96. The zero-order chi connectivity index (χ0) is 17.6. The Morgan fingerprint density at radius 2 is 2.19 bits per heavy atom. The fourth-order valence-corrected chi connectivity index (χ4v) is 2.96. The van der Waals surface area contributed by atoms with Gasteiger partial charge in [-0.05, 0) is 31.5 Å². The number of carbonyl (C=O) groups is 1. The van der Waals surface area contributed by atoms with Crippen LogP contribution in [0.2, 0.25) is 5.02 Å². The predicted octanol–water partition coefficient (Wildman–Crippen LogP) is 2.94. The van der Waals surface area contributed by atoms with E-state index in [9.17, 15) is 4.79 Å². The largest absolute Gasteiger partial charge is 0.346 e. The van der Waals surface area contributed by atoms with Crippen molar-refractivity contribution in [3.05, 3.63) is 52.6 Å². The molecule has 140 valence electrons. The van der Waals surface area contributed by atoms with Crippen LogP contribution in [0.15, 0.2) is 35.9 Å². The van der Waals surface area contributed by atoms with Crippen molar-refractivity contribution in [3.8, 4) is 5.69 Å². The molecular formula is C18H23Cl2N5O. The molecule has 0 aliphatic carbocycles. The monoisotopic (exact) mass is 395 g/mol. The fraction of sp³-hybridized carbons (Fsp3) is 0.389. The summed E-state index contributed by atoms with van der Waals surface area (Å²) in [7, 11) is 0. The van der Waals surface area contributed by atoms with Gasteiger partial charge in [-0.15, -0.1) is 17.5 Å². The second-order valence-corrected chi connectivity index (χ2v) is 6.37. The van der Waals surface area contributed by atoms with Crippen LogP contribution in [0.4, 0.5) is 0 Å². The van der Waals surface area contributed by atoms with Crippen molar-refractivity contribution in [2.45, 2.75) is 26.2 Å². The second-order valence-electron chi connectivity index (χ2n) is 5.96. The summed E-state index contributed by atoms with van der Waals surface area (Å²) in [4.78, 5) is 16.9. The number of carbonyl (C=O) groups excluding carboxylic acids is 1. The Hall–Kier alpha value is -1.89. The molecule has 0 unspecified atom stereocenters. The third-order valence-electron chi connectivity index (χ3n) is 4.07. The van der Waals surface area contributed by atoms with Gasteiger partial charge >= 0.3 is 0 Å². The van der Waals surface area contributed by atoms with E-state index < -0.39 is 0 Å². The van der Waals surface area contributed by atoms with Gasteiger partial charge in [0.15, 0.2) is 0 Å². The van der Waals surface area contributed by atoms with E-state index in [1.807, 2.05) is 18.2 Å². The molecule has 0 saturated heterocycles. The van der Waals surface area contributed by atoms with Crippen molar-refractivity contribution < 1.29 is 4.79 Å². The van der Waals surface area contributed by atoms with Crippen LogP contribution in [0.25, 0.3) is 5.69 Å². The minimum atomic E-state index is -0.261. The molecule has 26 heavy (non-hydrogen) atoms. The first-order valence-corrected chi connectivity index (χ1v) is 8.94. The lowest BCUT2D eigenvalue weighted by atomic mass is 10.1. The molecule has 0 fully saturated rings. The number of aromatic nitrogens is 3. The van der Waals surface area contributed by atoms with E-state index in [1.54, 1.807) is 10.7 Å². The molecule has 8 heteroatoms. The molecular weight excluding hydrogens is 373 g/mol. The molecule has 0 radical (unpaired) electrons. The van der Waals surface area contributed by atoms with Crippen molar-refractivity contribution in [3.63, 3.8) is 0 Å². The molecule has 1 aromatic carbocycles. The zero-order valence-corrected chi connectivity index (χ0v) is 16.2. The number of nitrogens with one attached hydrogen (secondary N) is 2. The molecule has 0 bridgehead atoms. The highest BCUT2D eigenvalue weighted by molar-refractivity contribution is 6.32. The quantitative estimate of drug-likeness (QED) is 0.737. The SMILES string of the molecule is CCCc1nc(C(=O)NCC2=CCNCC2)nn1-c1ccccc1Cl.Cl. The number of hydrogen-bond donors (Lipinski definition) is 2. The Morgan fingerprint density at radius 1 is 1.38 bits per heavy atom. The van der Waals surface area contributed by atoms with E-state index >= 15 is 0 Å². The van der Waals surface area contributed by atoms with E-state index in [-0.39, 0.29) is 24.1 Å². The average Bonchev–Trinajstić information content (AvgIpc) is 3.05. The molecule has 3 rings (SSSR count). The summed E-state index contributed by atoms with van der Waals surface area (Å²) < 4.78 is 1.67. The Kier molecular flexibility index (Phi) is 7.63. The van der Waals surface area contributed by atoms with E-state index in [4.69, 9.17) is 11.6 Å². The Labute approximate surface area is 164 Å². The van der Waals surface area contributed by atoms with Crippen LogP contribution in [-0.4, -0.2) is 40.3 Å². The summed E-state index contributed by atoms with van der Waals surface area (Å²) in [5.74, 6) is 0.655. The van der Waals surface area contributed by atoms with Crippen LogP contribution in [0.3, 0.4) is 0 Å². The van der Waals surface area contributed by atoms with Gasteiger partial charge in [0.25, 0.3) is 5.91 Å². The number of aryl methyl sites for hydroxylation is 1. The lowest BCUT2D eigenvalue weighted by molar-refractivity contribution is 0.0946. The minimum Gasteiger partial charge on any atom is -0.346 e. The number of halogens is 2. The Balaban J connectivity index is 0.00000243. The highest BCUT2D eigenvalue weighted by atomic mass is 35.5. The highest BCUT2D eigenvalue weighted by Gasteiger charge is 2.18. The fourth-order valence-electron chi connectivity index (χ4n) is 2.75. The van der Waals surface area contributed by atoms with Gasteiger partial charge in [0.05, 0.1) is 10.7 Å². The van der Waals surface area contributed by atoms with E-state index in [0.717, 1.165) is 43.9 Å². The molecule has 2 aromatic rings. The molecule has 0 saturated carbocycles. The molecule has 6 nitrogen and oxygen atoms in total. The number of amides is 1. The van der Waals surface area contributed by atoms with Gasteiger partial charge in [-0.1, -0.05) is 42.3 Å². The smallest absolute Gasteiger partial charge is 0.291 e. The minimum absolute atomic E-state index is 0. The van der Waals surface area contributed by atoms with Crippen LogP contribution in [0, 0.1) is 0 Å². The first-order chi connectivity index (χ1) is 12.2. The molecule has 1 aliphatic rings. The first kappa shape index (κ1) is 20.4. The standard InChI is InChI=1S/C18H22ClN5O.ClH/c1-2-5-16-22-17(18(25)21-12-13-8-10-20-11-9-13)23-24(16)15-7-4-3-6-14(15)19;/h3-4,6-8,20H,2,5,9-12H2,1H3,(H,21,25);1H. The van der Waals surface area contributed by atoms with Gasteiger partial charge in [0, 0.05) is 19.5 Å². The topological polar surface area (TPSA) is 71.8 Å². The number of para-hydroxylation sites is 1. The summed E-state index contributed by atoms with van der Waals surface area (Å²) >= 11 is 6.28. The second kappa shape index (κ2) is 9.71. The average molecular weight is 396 g/mol. The van der Waals surface area contributed by atoms with Crippen LogP contribution in [0.1, 0.15) is 36.2 Å². The van der Waals surface area contributed by atoms with Crippen molar-refractivity contribution in [1.29, 1.82) is 0 Å². The summed E-state index contributed by atoms with van der Waals surface area (Å²) in [6.07, 6.45) is 4.69. The number of rotatable bonds is 6. The maximum absolute atomic E-state index is 12.4. The van der Waals surface area contributed by atoms with Gasteiger partial charge < -0.3 is 10.6 Å². The van der Waals surface area contributed by atoms with Crippen molar-refractivity contribution in [1.82, 2.24) is 25.4 Å². The van der Waals surface area contributed by atoms with Gasteiger partial charge in [0.2, 0.25) is 5.82 Å². The lowest BCUT2D eigenvalue weighted by Gasteiger charge is -2.13. The van der Waals surface area contributed by atoms with Gasteiger partial charge in [-0.2, -0.15) is 0 Å².